The van der Waals surface area contributed by atoms with Gasteiger partial charge in [-0.25, -0.2) is 0 Å². The molecule has 10 nitrogen and oxygen atoms in total. The van der Waals surface area contributed by atoms with Crippen molar-refractivity contribution in [3.8, 4) is 5.75 Å². The average molecular weight is 484 g/mol. The second kappa shape index (κ2) is 11.5. The summed E-state index contributed by atoms with van der Waals surface area (Å²) in [4.78, 5) is 35.3. The number of nitro benzene ring substituents is 1. The van der Waals surface area contributed by atoms with E-state index in [2.05, 4.69) is 21.5 Å². The van der Waals surface area contributed by atoms with E-state index in [0.29, 0.717) is 16.5 Å². The highest BCUT2D eigenvalue weighted by Gasteiger charge is 2.18. The number of anilines is 2. The summed E-state index contributed by atoms with van der Waals surface area (Å²) in [5.74, 6) is -0.517. The molecule has 0 bridgehead atoms. The number of methoxy groups -OCH3 is 1. The Balaban J connectivity index is 1.56. The van der Waals surface area contributed by atoms with E-state index < -0.39 is 16.7 Å². The van der Waals surface area contributed by atoms with Crippen molar-refractivity contribution in [3.63, 3.8) is 0 Å². The molecule has 2 amide bonds. The van der Waals surface area contributed by atoms with E-state index in [1.807, 2.05) is 6.07 Å². The lowest BCUT2D eigenvalue weighted by Gasteiger charge is -2.11. The number of benzene rings is 3. The quantitative estimate of drug-likeness (QED) is 0.269. The van der Waals surface area contributed by atoms with Crippen LogP contribution in [0.5, 0.6) is 5.75 Å². The van der Waals surface area contributed by atoms with Gasteiger partial charge in [-0.2, -0.15) is 0 Å². The molecule has 0 unspecified atom stereocenters. The molecular formula is C23H22ClN5O5. The van der Waals surface area contributed by atoms with E-state index in [1.54, 1.807) is 49.6 Å². The maximum atomic E-state index is 12.4. The van der Waals surface area contributed by atoms with Gasteiger partial charge in [-0.05, 0) is 48.0 Å². The molecule has 0 saturated heterocycles. The van der Waals surface area contributed by atoms with Gasteiger partial charge in [-0.3, -0.25) is 30.6 Å². The number of hydrogen-bond donors (Lipinski definition) is 4. The van der Waals surface area contributed by atoms with E-state index >= 15 is 0 Å². The molecule has 0 aliphatic carbocycles. The number of hydrogen-bond acceptors (Lipinski definition) is 7. The first-order valence-corrected chi connectivity index (χ1v) is 10.5. The van der Waals surface area contributed by atoms with Crippen molar-refractivity contribution in [1.29, 1.82) is 0 Å². The van der Waals surface area contributed by atoms with Gasteiger partial charge in [0.05, 0.1) is 18.6 Å². The number of nitrogens with one attached hydrogen (secondary N) is 4. The van der Waals surface area contributed by atoms with E-state index in [9.17, 15) is 19.7 Å². The first kappa shape index (κ1) is 24.3. The fraction of sp³-hybridized carbons (Fsp3) is 0.130. The molecule has 0 aromatic heterocycles. The van der Waals surface area contributed by atoms with E-state index in [-0.39, 0.29) is 30.0 Å². The fourth-order valence-electron chi connectivity index (χ4n) is 2.94. The largest absolute Gasteiger partial charge is 0.497 e. The lowest BCUT2D eigenvalue weighted by atomic mass is 10.1. The molecule has 0 saturated carbocycles. The Labute approximate surface area is 200 Å². The molecule has 0 aliphatic heterocycles. The van der Waals surface area contributed by atoms with Gasteiger partial charge in [-0.15, -0.1) is 0 Å². The van der Waals surface area contributed by atoms with Gasteiger partial charge in [0.2, 0.25) is 0 Å². The molecule has 0 aliphatic rings. The van der Waals surface area contributed by atoms with Gasteiger partial charge >= 0.3 is 0 Å². The van der Waals surface area contributed by atoms with Crippen molar-refractivity contribution in [2.75, 3.05) is 24.3 Å². The molecule has 0 fully saturated rings. The SMILES string of the molecule is COc1ccc(NCC(=O)NNC(=O)c2ccc(NCc3ccccc3Cl)c([N+](=O)[O-])c2)cc1. The number of amides is 2. The number of nitro groups is 1. The summed E-state index contributed by atoms with van der Waals surface area (Å²) in [5.41, 5.74) is 5.93. The van der Waals surface area contributed by atoms with Crippen LogP contribution in [-0.2, 0) is 11.3 Å². The van der Waals surface area contributed by atoms with Crippen molar-refractivity contribution in [2.24, 2.45) is 0 Å². The van der Waals surface area contributed by atoms with Crippen molar-refractivity contribution in [3.05, 3.63) is 93.0 Å². The molecule has 11 heteroatoms. The third-order valence-corrected chi connectivity index (χ3v) is 5.11. The Morgan fingerprint density at radius 2 is 1.74 bits per heavy atom. The molecule has 176 valence electrons. The number of hydrazine groups is 1. The van der Waals surface area contributed by atoms with Crippen LogP contribution >= 0.6 is 11.6 Å². The van der Waals surface area contributed by atoms with E-state index in [1.165, 1.54) is 12.1 Å². The predicted molar refractivity (Wildman–Crippen MR) is 129 cm³/mol. The van der Waals surface area contributed by atoms with Crippen LogP contribution in [0, 0.1) is 10.1 Å². The minimum Gasteiger partial charge on any atom is -0.497 e. The molecule has 4 N–H and O–H groups in total. The zero-order valence-corrected chi connectivity index (χ0v) is 18.9. The molecular weight excluding hydrogens is 462 g/mol. The average Bonchev–Trinajstić information content (AvgIpc) is 2.85. The molecule has 3 aromatic carbocycles. The maximum Gasteiger partial charge on any atom is 0.293 e. The number of nitrogens with zero attached hydrogens (tertiary/aromatic N) is 1. The second-order valence-electron chi connectivity index (χ2n) is 7.02. The highest BCUT2D eigenvalue weighted by molar-refractivity contribution is 6.31. The minimum atomic E-state index is -0.696. The highest BCUT2D eigenvalue weighted by Crippen LogP contribution is 2.27. The van der Waals surface area contributed by atoms with Gasteiger partial charge in [0.1, 0.15) is 11.4 Å². The molecule has 0 heterocycles. The standard InChI is InChI=1S/C23H22ClN5O5/c1-34-18-9-7-17(8-10-18)25-14-22(30)27-28-23(31)15-6-11-20(21(12-15)29(32)33)26-13-16-4-2-3-5-19(16)24/h2-12,25-26H,13-14H2,1H3,(H,27,30)(H,28,31). The van der Waals surface area contributed by atoms with Crippen LogP contribution in [0.1, 0.15) is 15.9 Å². The summed E-state index contributed by atoms with van der Waals surface area (Å²) in [6.45, 7) is 0.168. The maximum absolute atomic E-state index is 12.4. The zero-order valence-electron chi connectivity index (χ0n) is 18.1. The van der Waals surface area contributed by atoms with Gasteiger partial charge in [0, 0.05) is 28.9 Å². The number of carbonyl (C=O) groups is 2. The summed E-state index contributed by atoms with van der Waals surface area (Å²) >= 11 is 6.12. The topological polar surface area (TPSA) is 135 Å². The van der Waals surface area contributed by atoms with Crippen molar-refractivity contribution in [2.45, 2.75) is 6.54 Å². The number of halogens is 1. The fourth-order valence-corrected chi connectivity index (χ4v) is 3.14. The molecule has 0 spiro atoms. The third-order valence-electron chi connectivity index (χ3n) is 4.74. The van der Waals surface area contributed by atoms with E-state index in [0.717, 1.165) is 11.6 Å². The highest BCUT2D eigenvalue weighted by atomic mass is 35.5. The zero-order chi connectivity index (χ0) is 24.5. The summed E-state index contributed by atoms with van der Waals surface area (Å²) < 4.78 is 5.06. The summed E-state index contributed by atoms with van der Waals surface area (Å²) in [5, 5.41) is 17.9. The Bertz CT molecular complexity index is 1190. The normalized spacial score (nSPS) is 10.2. The summed E-state index contributed by atoms with van der Waals surface area (Å²) in [6.07, 6.45) is 0. The van der Waals surface area contributed by atoms with Crippen LogP contribution < -0.4 is 26.2 Å². The van der Waals surface area contributed by atoms with Gasteiger partial charge in [0.25, 0.3) is 17.5 Å². The molecule has 34 heavy (non-hydrogen) atoms. The van der Waals surface area contributed by atoms with Crippen molar-refractivity contribution in [1.82, 2.24) is 10.9 Å². The van der Waals surface area contributed by atoms with Crippen LogP contribution in [0.25, 0.3) is 0 Å². The van der Waals surface area contributed by atoms with Crippen LogP contribution in [0.2, 0.25) is 5.02 Å². The number of carbonyl (C=O) groups excluding carboxylic acids is 2. The Hall–Kier alpha value is -4.31. The number of ether oxygens (including phenoxy) is 1. The van der Waals surface area contributed by atoms with Crippen molar-refractivity contribution < 1.29 is 19.2 Å². The Morgan fingerprint density at radius 3 is 2.41 bits per heavy atom. The van der Waals surface area contributed by atoms with Crippen LogP contribution in [0.3, 0.4) is 0 Å². The molecule has 0 radical (unpaired) electrons. The summed E-state index contributed by atoms with van der Waals surface area (Å²) in [6, 6.07) is 18.1. The predicted octanol–water partition coefficient (Wildman–Crippen LogP) is 3.74. The van der Waals surface area contributed by atoms with Gasteiger partial charge in [0.15, 0.2) is 0 Å². The van der Waals surface area contributed by atoms with E-state index in [4.69, 9.17) is 16.3 Å². The minimum absolute atomic E-state index is 0.0124. The van der Waals surface area contributed by atoms with Crippen LogP contribution in [-0.4, -0.2) is 30.4 Å². The summed E-state index contributed by atoms with van der Waals surface area (Å²) in [7, 11) is 1.55. The first-order valence-electron chi connectivity index (χ1n) is 10.1. The second-order valence-corrected chi connectivity index (χ2v) is 7.43. The monoisotopic (exact) mass is 483 g/mol. The lowest BCUT2D eigenvalue weighted by Crippen LogP contribution is -2.44. The lowest BCUT2D eigenvalue weighted by molar-refractivity contribution is -0.384. The van der Waals surface area contributed by atoms with Crippen LogP contribution in [0.4, 0.5) is 17.1 Å². The first-order chi connectivity index (χ1) is 16.4. The van der Waals surface area contributed by atoms with Gasteiger partial charge in [-0.1, -0.05) is 29.8 Å². The molecule has 0 atom stereocenters. The third kappa shape index (κ3) is 6.59. The molecule has 3 rings (SSSR count). The smallest absolute Gasteiger partial charge is 0.293 e. The Morgan fingerprint density at radius 1 is 1.00 bits per heavy atom. The molecule has 3 aromatic rings. The van der Waals surface area contributed by atoms with Gasteiger partial charge < -0.3 is 15.4 Å². The number of rotatable bonds is 9. The van der Waals surface area contributed by atoms with Crippen molar-refractivity contribution >= 4 is 40.5 Å². The Kier molecular flexibility index (Phi) is 8.25. The van der Waals surface area contributed by atoms with Crippen LogP contribution in [0.15, 0.2) is 66.7 Å².